The lowest BCUT2D eigenvalue weighted by atomic mass is 9.87. The highest BCUT2D eigenvalue weighted by Gasteiger charge is 2.28. The first-order valence-electron chi connectivity index (χ1n) is 8.53. The van der Waals surface area contributed by atoms with Crippen molar-refractivity contribution in [2.75, 3.05) is 5.32 Å². The summed E-state index contributed by atoms with van der Waals surface area (Å²) in [4.78, 5) is 4.95. The quantitative estimate of drug-likeness (QED) is 0.754. The lowest BCUT2D eigenvalue weighted by Gasteiger charge is -2.34. The Hall–Kier alpha value is -2.57. The molecule has 0 aromatic heterocycles. The van der Waals surface area contributed by atoms with Crippen LogP contribution in [0.4, 0.5) is 11.4 Å². The Bertz CT molecular complexity index is 877. The molecule has 0 bridgehead atoms. The van der Waals surface area contributed by atoms with E-state index in [1.807, 2.05) is 36.4 Å². The molecule has 2 aromatic carbocycles. The molecule has 0 amide bonds. The molecule has 1 heterocycles. The molecule has 2 aromatic rings. The van der Waals surface area contributed by atoms with Crippen molar-refractivity contribution in [3.05, 3.63) is 59.7 Å². The number of rotatable bonds is 1. The molecule has 0 fully saturated rings. The number of aliphatic hydroxyl groups is 1. The maximum absolute atomic E-state index is 9.87. The Labute approximate surface area is 149 Å². The van der Waals surface area contributed by atoms with Crippen LogP contribution in [-0.2, 0) is 0 Å². The zero-order chi connectivity index (χ0) is 18.1. The number of para-hydroxylation sites is 2. The van der Waals surface area contributed by atoms with E-state index in [0.717, 1.165) is 34.6 Å². The Morgan fingerprint density at radius 1 is 1.08 bits per heavy atom. The van der Waals surface area contributed by atoms with Gasteiger partial charge in [0.05, 0.1) is 17.0 Å². The first kappa shape index (κ1) is 17.3. The van der Waals surface area contributed by atoms with E-state index in [1.165, 1.54) is 0 Å². The average Bonchev–Trinajstić information content (AvgIpc) is 2.52. The number of aliphatic imine (C=N–C) groups is 1. The predicted octanol–water partition coefficient (Wildman–Crippen LogP) is 4.52. The van der Waals surface area contributed by atoms with Gasteiger partial charge in [0, 0.05) is 23.2 Å². The van der Waals surface area contributed by atoms with Crippen LogP contribution in [0.3, 0.4) is 0 Å². The van der Waals surface area contributed by atoms with Crippen LogP contribution in [0.1, 0.15) is 45.2 Å². The molecule has 3 nitrogen and oxygen atoms in total. The van der Waals surface area contributed by atoms with Gasteiger partial charge in [0.25, 0.3) is 0 Å². The summed E-state index contributed by atoms with van der Waals surface area (Å²) in [5.74, 6) is 5.94. The van der Waals surface area contributed by atoms with E-state index in [2.05, 4.69) is 43.1 Å². The Morgan fingerprint density at radius 3 is 2.52 bits per heavy atom. The molecule has 3 rings (SSSR count). The number of hydrogen-bond acceptors (Lipinski definition) is 3. The minimum absolute atomic E-state index is 0.0547. The highest BCUT2D eigenvalue weighted by Crippen LogP contribution is 2.32. The zero-order valence-electron chi connectivity index (χ0n) is 15.2. The van der Waals surface area contributed by atoms with Crippen LogP contribution in [0.5, 0.6) is 0 Å². The van der Waals surface area contributed by atoms with Gasteiger partial charge in [-0.15, -0.1) is 0 Å². The number of nitrogens with zero attached hydrogens (tertiary/aromatic N) is 1. The standard InChI is InChI=1S/C22H24N2O/c1-21(2)15-20(17-10-6-8-12-19(17)24-21)23-18-11-7-5-9-16(18)13-14-22(3,4)25/h5-12,24-25H,15H2,1-4H3. The van der Waals surface area contributed by atoms with E-state index >= 15 is 0 Å². The third-order valence-electron chi connectivity index (χ3n) is 3.98. The molecule has 0 spiro atoms. The van der Waals surface area contributed by atoms with Gasteiger partial charge in [0.1, 0.15) is 5.60 Å². The van der Waals surface area contributed by atoms with Gasteiger partial charge >= 0.3 is 0 Å². The molecule has 1 aliphatic rings. The molecule has 1 aliphatic heterocycles. The third-order valence-corrected chi connectivity index (χ3v) is 3.98. The van der Waals surface area contributed by atoms with Gasteiger partial charge < -0.3 is 10.4 Å². The summed E-state index contributed by atoms with van der Waals surface area (Å²) < 4.78 is 0. The van der Waals surface area contributed by atoms with E-state index in [4.69, 9.17) is 4.99 Å². The van der Waals surface area contributed by atoms with Crippen LogP contribution >= 0.6 is 0 Å². The number of benzene rings is 2. The summed E-state index contributed by atoms with van der Waals surface area (Å²) in [7, 11) is 0. The zero-order valence-corrected chi connectivity index (χ0v) is 15.2. The number of nitrogens with one attached hydrogen (secondary N) is 1. The van der Waals surface area contributed by atoms with Crippen molar-refractivity contribution < 1.29 is 5.11 Å². The van der Waals surface area contributed by atoms with Crippen molar-refractivity contribution in [1.29, 1.82) is 0 Å². The second-order valence-electron chi connectivity index (χ2n) is 7.62. The number of hydrogen-bond donors (Lipinski definition) is 2. The second-order valence-corrected chi connectivity index (χ2v) is 7.62. The Morgan fingerprint density at radius 2 is 1.76 bits per heavy atom. The minimum Gasteiger partial charge on any atom is -0.379 e. The molecular weight excluding hydrogens is 308 g/mol. The number of fused-ring (bicyclic) bond motifs is 1. The van der Waals surface area contributed by atoms with E-state index in [0.29, 0.717) is 0 Å². The molecule has 0 atom stereocenters. The Kier molecular flexibility index (Phi) is 4.41. The van der Waals surface area contributed by atoms with Crippen molar-refractivity contribution >= 4 is 17.1 Å². The van der Waals surface area contributed by atoms with Crippen LogP contribution in [-0.4, -0.2) is 22.0 Å². The van der Waals surface area contributed by atoms with Gasteiger partial charge in [-0.2, -0.15) is 0 Å². The van der Waals surface area contributed by atoms with E-state index < -0.39 is 5.60 Å². The van der Waals surface area contributed by atoms with Crippen molar-refractivity contribution in [2.45, 2.75) is 45.3 Å². The molecule has 3 heteroatoms. The molecule has 0 aliphatic carbocycles. The first-order chi connectivity index (χ1) is 11.7. The third kappa shape index (κ3) is 4.29. The Balaban J connectivity index is 2.08. The molecule has 0 saturated heterocycles. The fourth-order valence-corrected chi connectivity index (χ4v) is 2.91. The van der Waals surface area contributed by atoms with Crippen molar-refractivity contribution in [3.8, 4) is 11.8 Å². The van der Waals surface area contributed by atoms with Crippen LogP contribution in [0.15, 0.2) is 53.5 Å². The van der Waals surface area contributed by atoms with Crippen LogP contribution in [0.25, 0.3) is 0 Å². The summed E-state index contributed by atoms with van der Waals surface area (Å²) in [6.45, 7) is 7.72. The van der Waals surface area contributed by atoms with Gasteiger partial charge in [-0.3, -0.25) is 4.99 Å². The second kappa shape index (κ2) is 6.38. The minimum atomic E-state index is -1.02. The molecule has 0 radical (unpaired) electrons. The summed E-state index contributed by atoms with van der Waals surface area (Å²) in [5.41, 5.74) is 3.87. The topological polar surface area (TPSA) is 44.6 Å². The summed E-state index contributed by atoms with van der Waals surface area (Å²) >= 11 is 0. The molecule has 128 valence electrons. The van der Waals surface area contributed by atoms with E-state index in [-0.39, 0.29) is 5.54 Å². The fraction of sp³-hybridized carbons (Fsp3) is 0.318. The van der Waals surface area contributed by atoms with Gasteiger partial charge in [-0.1, -0.05) is 42.2 Å². The van der Waals surface area contributed by atoms with Crippen molar-refractivity contribution in [2.24, 2.45) is 4.99 Å². The van der Waals surface area contributed by atoms with Crippen molar-refractivity contribution in [3.63, 3.8) is 0 Å². The van der Waals surface area contributed by atoms with E-state index in [1.54, 1.807) is 13.8 Å². The number of anilines is 1. The van der Waals surface area contributed by atoms with Gasteiger partial charge in [-0.05, 0) is 45.9 Å². The molecule has 0 unspecified atom stereocenters. The summed E-state index contributed by atoms with van der Waals surface area (Å²) in [5, 5.41) is 13.4. The first-order valence-corrected chi connectivity index (χ1v) is 8.53. The maximum Gasteiger partial charge on any atom is 0.120 e. The lowest BCUT2D eigenvalue weighted by molar-refractivity contribution is 0.143. The van der Waals surface area contributed by atoms with Crippen molar-refractivity contribution in [1.82, 2.24) is 0 Å². The fourth-order valence-electron chi connectivity index (χ4n) is 2.91. The predicted molar refractivity (Wildman–Crippen MR) is 105 cm³/mol. The van der Waals surface area contributed by atoms with Gasteiger partial charge in [0.15, 0.2) is 0 Å². The maximum atomic E-state index is 9.87. The average molecular weight is 332 g/mol. The van der Waals surface area contributed by atoms with Crippen LogP contribution in [0, 0.1) is 11.8 Å². The summed E-state index contributed by atoms with van der Waals surface area (Å²) in [6, 6.07) is 16.1. The van der Waals surface area contributed by atoms with Gasteiger partial charge in [-0.25, -0.2) is 0 Å². The molecular formula is C22H24N2O. The lowest BCUT2D eigenvalue weighted by Crippen LogP contribution is -2.38. The SMILES string of the molecule is CC(C)(O)C#Cc1ccccc1N=C1CC(C)(C)Nc2ccccc21. The highest BCUT2D eigenvalue weighted by atomic mass is 16.3. The molecule has 25 heavy (non-hydrogen) atoms. The molecule has 2 N–H and O–H groups in total. The highest BCUT2D eigenvalue weighted by molar-refractivity contribution is 6.08. The molecule has 0 saturated carbocycles. The monoisotopic (exact) mass is 332 g/mol. The van der Waals surface area contributed by atoms with Crippen LogP contribution < -0.4 is 5.32 Å². The van der Waals surface area contributed by atoms with Gasteiger partial charge in [0.2, 0.25) is 0 Å². The smallest absolute Gasteiger partial charge is 0.120 e. The largest absolute Gasteiger partial charge is 0.379 e. The normalized spacial score (nSPS) is 17.2. The summed E-state index contributed by atoms with van der Waals surface area (Å²) in [6.07, 6.45) is 0.831. The van der Waals surface area contributed by atoms with Crippen LogP contribution in [0.2, 0.25) is 0 Å². The van der Waals surface area contributed by atoms with E-state index in [9.17, 15) is 5.11 Å².